The molecule has 19 heavy (non-hydrogen) atoms. The second-order valence-corrected chi connectivity index (χ2v) is 5.74. The van der Waals surface area contributed by atoms with Gasteiger partial charge in [-0.25, -0.2) is 4.79 Å². The summed E-state index contributed by atoms with van der Waals surface area (Å²) < 4.78 is 3.33. The lowest BCUT2D eigenvalue weighted by Gasteiger charge is -2.32. The van der Waals surface area contributed by atoms with Gasteiger partial charge in [0, 0.05) is 18.3 Å². The van der Waals surface area contributed by atoms with E-state index in [4.69, 9.17) is 0 Å². The lowest BCUT2D eigenvalue weighted by Crippen LogP contribution is -2.45. The molecule has 0 spiro atoms. The van der Waals surface area contributed by atoms with Gasteiger partial charge in [0.05, 0.1) is 5.52 Å². The number of H-pyrrole nitrogens is 1. The highest BCUT2D eigenvalue weighted by atomic mass is 16.2. The summed E-state index contributed by atoms with van der Waals surface area (Å²) >= 11 is 0. The molecule has 5 heteroatoms. The van der Waals surface area contributed by atoms with Gasteiger partial charge in [0.25, 0.3) is 5.56 Å². The molecule has 100 valence electrons. The minimum atomic E-state index is -0.148. The molecule has 2 aliphatic rings. The fourth-order valence-corrected chi connectivity index (χ4v) is 3.12. The molecule has 0 amide bonds. The van der Waals surface area contributed by atoms with Crippen molar-refractivity contribution in [1.29, 1.82) is 0 Å². The van der Waals surface area contributed by atoms with E-state index in [0.29, 0.717) is 5.52 Å². The molecule has 0 saturated heterocycles. The third-order valence-electron chi connectivity index (χ3n) is 4.71. The summed E-state index contributed by atoms with van der Waals surface area (Å²) in [7, 11) is 0. The SMILES string of the molecule is O=c1c2[nH]ccc2n(C2CCC2)c(=O)n1C1CCC1. The molecule has 2 fully saturated rings. The average molecular weight is 259 g/mol. The van der Waals surface area contributed by atoms with E-state index < -0.39 is 0 Å². The number of nitrogens with zero attached hydrogens (tertiary/aromatic N) is 2. The van der Waals surface area contributed by atoms with E-state index in [1.54, 1.807) is 6.20 Å². The predicted molar refractivity (Wildman–Crippen MR) is 72.6 cm³/mol. The number of hydrogen-bond acceptors (Lipinski definition) is 2. The van der Waals surface area contributed by atoms with Crippen LogP contribution in [0.3, 0.4) is 0 Å². The van der Waals surface area contributed by atoms with Crippen LogP contribution in [0.15, 0.2) is 21.9 Å². The van der Waals surface area contributed by atoms with E-state index >= 15 is 0 Å². The Morgan fingerprint density at radius 3 is 2.21 bits per heavy atom. The third-order valence-corrected chi connectivity index (χ3v) is 4.71. The topological polar surface area (TPSA) is 59.8 Å². The Labute approximate surface area is 109 Å². The number of nitrogens with one attached hydrogen (secondary N) is 1. The van der Waals surface area contributed by atoms with E-state index in [2.05, 4.69) is 4.98 Å². The van der Waals surface area contributed by atoms with Crippen LogP contribution in [0.4, 0.5) is 0 Å². The van der Waals surface area contributed by atoms with Gasteiger partial charge in [-0.1, -0.05) is 0 Å². The molecule has 0 radical (unpaired) electrons. The zero-order valence-corrected chi connectivity index (χ0v) is 10.8. The van der Waals surface area contributed by atoms with Crippen LogP contribution < -0.4 is 11.2 Å². The number of aromatic amines is 1. The number of rotatable bonds is 2. The first kappa shape index (κ1) is 11.1. The molecule has 1 N–H and O–H groups in total. The summed E-state index contributed by atoms with van der Waals surface area (Å²) in [4.78, 5) is 28.1. The van der Waals surface area contributed by atoms with Gasteiger partial charge < -0.3 is 4.98 Å². The van der Waals surface area contributed by atoms with Crippen molar-refractivity contribution in [2.75, 3.05) is 0 Å². The fourth-order valence-electron chi connectivity index (χ4n) is 3.12. The molecule has 2 saturated carbocycles. The Morgan fingerprint density at radius 2 is 1.63 bits per heavy atom. The second-order valence-electron chi connectivity index (χ2n) is 5.74. The van der Waals surface area contributed by atoms with E-state index in [1.165, 1.54) is 11.0 Å². The predicted octanol–water partition coefficient (Wildman–Crippen LogP) is 1.94. The smallest absolute Gasteiger partial charge is 0.332 e. The lowest BCUT2D eigenvalue weighted by molar-refractivity contribution is 0.266. The Morgan fingerprint density at radius 1 is 1.00 bits per heavy atom. The van der Waals surface area contributed by atoms with Crippen LogP contribution in [0.2, 0.25) is 0 Å². The zero-order valence-electron chi connectivity index (χ0n) is 10.8. The van der Waals surface area contributed by atoms with Crippen molar-refractivity contribution in [1.82, 2.24) is 14.1 Å². The van der Waals surface area contributed by atoms with Gasteiger partial charge in [-0.3, -0.25) is 13.9 Å². The minimum absolute atomic E-state index is 0.105. The van der Waals surface area contributed by atoms with Crippen LogP contribution in [0.25, 0.3) is 11.0 Å². The number of aromatic nitrogens is 3. The summed E-state index contributed by atoms with van der Waals surface area (Å²) in [5.41, 5.74) is 1.10. The van der Waals surface area contributed by atoms with Crippen molar-refractivity contribution in [3.63, 3.8) is 0 Å². The van der Waals surface area contributed by atoms with Gasteiger partial charge in [0.15, 0.2) is 0 Å². The average Bonchev–Trinajstić information content (AvgIpc) is 2.73. The van der Waals surface area contributed by atoms with Crippen molar-refractivity contribution in [3.8, 4) is 0 Å². The highest BCUT2D eigenvalue weighted by molar-refractivity contribution is 5.74. The summed E-state index contributed by atoms with van der Waals surface area (Å²) in [5, 5.41) is 0. The second kappa shape index (κ2) is 3.85. The largest absolute Gasteiger partial charge is 0.355 e. The maximum Gasteiger partial charge on any atom is 0.332 e. The van der Waals surface area contributed by atoms with E-state index in [1.807, 2.05) is 10.6 Å². The van der Waals surface area contributed by atoms with Crippen molar-refractivity contribution in [3.05, 3.63) is 33.1 Å². The Kier molecular flexibility index (Phi) is 2.25. The van der Waals surface area contributed by atoms with E-state index in [-0.39, 0.29) is 23.3 Å². The maximum absolute atomic E-state index is 12.7. The first-order chi connectivity index (χ1) is 9.27. The van der Waals surface area contributed by atoms with E-state index in [9.17, 15) is 9.59 Å². The van der Waals surface area contributed by atoms with Crippen molar-refractivity contribution >= 4 is 11.0 Å². The third kappa shape index (κ3) is 1.41. The first-order valence-electron chi connectivity index (χ1n) is 7.11. The van der Waals surface area contributed by atoms with Crippen molar-refractivity contribution in [2.45, 2.75) is 50.6 Å². The molecule has 0 unspecified atom stereocenters. The fraction of sp³-hybridized carbons (Fsp3) is 0.571. The number of hydrogen-bond donors (Lipinski definition) is 1. The summed E-state index contributed by atoms with van der Waals surface area (Å²) in [5.74, 6) is 0. The Balaban J connectivity index is 2.05. The molecule has 2 heterocycles. The molecule has 0 aliphatic heterocycles. The van der Waals surface area contributed by atoms with Crippen molar-refractivity contribution in [2.24, 2.45) is 0 Å². The Hall–Kier alpha value is -1.78. The maximum atomic E-state index is 12.7. The molecule has 4 rings (SSSR count). The molecule has 2 aromatic rings. The van der Waals surface area contributed by atoms with Crippen LogP contribution in [0, 0.1) is 0 Å². The van der Waals surface area contributed by atoms with Crippen LogP contribution >= 0.6 is 0 Å². The summed E-state index contributed by atoms with van der Waals surface area (Å²) in [6, 6.07) is 2.23. The highest BCUT2D eigenvalue weighted by Crippen LogP contribution is 2.33. The van der Waals surface area contributed by atoms with Gasteiger partial charge in [-0.15, -0.1) is 0 Å². The number of fused-ring (bicyclic) bond motifs is 1. The lowest BCUT2D eigenvalue weighted by atomic mass is 9.91. The normalized spacial score (nSPS) is 20.4. The van der Waals surface area contributed by atoms with Crippen LogP contribution in [0.5, 0.6) is 0 Å². The molecule has 2 aromatic heterocycles. The summed E-state index contributed by atoms with van der Waals surface area (Å²) in [6.45, 7) is 0. The molecular weight excluding hydrogens is 242 g/mol. The van der Waals surface area contributed by atoms with Gasteiger partial charge in [-0.2, -0.15) is 0 Å². The Bertz CT molecular complexity index is 744. The monoisotopic (exact) mass is 259 g/mol. The molecular formula is C14H17N3O2. The molecule has 2 aliphatic carbocycles. The molecule has 0 bridgehead atoms. The standard InChI is InChI=1S/C14H17N3O2/c18-13-12-11(7-8-15-12)16(9-3-1-4-9)14(19)17(13)10-5-2-6-10/h7-10,15H,1-6H2. The van der Waals surface area contributed by atoms with Crippen LogP contribution in [-0.4, -0.2) is 14.1 Å². The first-order valence-corrected chi connectivity index (χ1v) is 7.11. The highest BCUT2D eigenvalue weighted by Gasteiger charge is 2.29. The van der Waals surface area contributed by atoms with Gasteiger partial charge >= 0.3 is 5.69 Å². The quantitative estimate of drug-likeness (QED) is 0.896. The van der Waals surface area contributed by atoms with Gasteiger partial charge in [0.1, 0.15) is 5.52 Å². The molecule has 0 aromatic carbocycles. The molecule has 0 atom stereocenters. The minimum Gasteiger partial charge on any atom is -0.355 e. The van der Waals surface area contributed by atoms with E-state index in [0.717, 1.165) is 37.6 Å². The molecule has 5 nitrogen and oxygen atoms in total. The van der Waals surface area contributed by atoms with Crippen molar-refractivity contribution < 1.29 is 0 Å². The zero-order chi connectivity index (χ0) is 13.0. The summed E-state index contributed by atoms with van der Waals surface area (Å²) in [6.07, 6.45) is 8.03. The van der Waals surface area contributed by atoms with Gasteiger partial charge in [0.2, 0.25) is 0 Å². The van der Waals surface area contributed by atoms with Crippen LogP contribution in [0.1, 0.15) is 50.6 Å². The van der Waals surface area contributed by atoms with Crippen LogP contribution in [-0.2, 0) is 0 Å². The van der Waals surface area contributed by atoms with Gasteiger partial charge in [-0.05, 0) is 44.6 Å².